The first-order valence-electron chi connectivity index (χ1n) is 6.65. The molecule has 0 N–H and O–H groups in total. The van der Waals surface area contributed by atoms with E-state index in [0.717, 1.165) is 19.3 Å². The smallest absolute Gasteiger partial charge is 0.155 e. The Balaban J connectivity index is 4.92. The number of carbonyl (C=O) groups excluding carboxylic acids is 1. The molecule has 0 saturated carbocycles. The minimum Gasteiger partial charge on any atom is -0.297 e. The van der Waals surface area contributed by atoms with Crippen LogP contribution in [-0.4, -0.2) is 29.3 Å². The summed E-state index contributed by atoms with van der Waals surface area (Å²) in [7, 11) is 2.05. The second kappa shape index (κ2) is 6.95. The number of allylic oxidation sites excluding steroid dienone is 1. The predicted octanol–water partition coefficient (Wildman–Crippen LogP) is 3.67. The molecule has 0 aliphatic heterocycles. The van der Waals surface area contributed by atoms with Gasteiger partial charge in [0.05, 0.1) is 5.54 Å². The maximum atomic E-state index is 12.4. The van der Waals surface area contributed by atoms with E-state index >= 15 is 0 Å². The van der Waals surface area contributed by atoms with Crippen molar-refractivity contribution in [2.24, 2.45) is 5.92 Å². The number of Topliss-reactive ketones (excluding diaryl/α,β-unsaturated/α-hetero) is 1. The van der Waals surface area contributed by atoms with Crippen molar-refractivity contribution in [2.45, 2.75) is 65.5 Å². The molecule has 0 heterocycles. The van der Waals surface area contributed by atoms with Crippen molar-refractivity contribution in [1.29, 1.82) is 0 Å². The van der Waals surface area contributed by atoms with E-state index in [-0.39, 0.29) is 11.5 Å². The van der Waals surface area contributed by atoms with Gasteiger partial charge in [0.1, 0.15) is 0 Å². The van der Waals surface area contributed by atoms with Gasteiger partial charge in [-0.25, -0.2) is 0 Å². The van der Waals surface area contributed by atoms with Crippen molar-refractivity contribution in [3.05, 3.63) is 12.7 Å². The van der Waals surface area contributed by atoms with Crippen LogP contribution in [0.15, 0.2) is 12.7 Å². The number of likely N-dealkylation sites (N-methyl/N-ethyl adjacent to an activating group) is 1. The second-order valence-corrected chi connectivity index (χ2v) is 5.68. The second-order valence-electron chi connectivity index (χ2n) is 5.68. The van der Waals surface area contributed by atoms with Gasteiger partial charge in [0.2, 0.25) is 0 Å². The molecule has 2 heteroatoms. The molecular formula is C15H29NO. The Hall–Kier alpha value is -0.630. The molecule has 1 atom stereocenters. The van der Waals surface area contributed by atoms with Gasteiger partial charge in [-0.3, -0.25) is 9.69 Å². The highest BCUT2D eigenvalue weighted by molar-refractivity contribution is 5.89. The minimum atomic E-state index is -0.342. The van der Waals surface area contributed by atoms with E-state index in [9.17, 15) is 4.79 Å². The fourth-order valence-corrected chi connectivity index (χ4v) is 2.26. The van der Waals surface area contributed by atoms with E-state index in [2.05, 4.69) is 39.3 Å². The van der Waals surface area contributed by atoms with E-state index in [1.807, 2.05) is 19.9 Å². The molecule has 0 bridgehead atoms. The Bertz CT molecular complexity index is 258. The molecule has 2 nitrogen and oxygen atoms in total. The lowest BCUT2D eigenvalue weighted by Gasteiger charge is -2.41. The van der Waals surface area contributed by atoms with E-state index in [1.54, 1.807) is 0 Å². The summed E-state index contributed by atoms with van der Waals surface area (Å²) in [4.78, 5) is 14.6. The van der Waals surface area contributed by atoms with Crippen LogP contribution in [0.5, 0.6) is 0 Å². The molecule has 0 saturated heterocycles. The molecule has 0 spiro atoms. The summed E-state index contributed by atoms with van der Waals surface area (Å²) in [6, 6.07) is 0.381. The van der Waals surface area contributed by atoms with E-state index in [4.69, 9.17) is 0 Å². The summed E-state index contributed by atoms with van der Waals surface area (Å²) in [6.07, 6.45) is 4.84. The number of rotatable bonds is 8. The summed E-state index contributed by atoms with van der Waals surface area (Å²) >= 11 is 0. The van der Waals surface area contributed by atoms with Gasteiger partial charge in [-0.2, -0.15) is 0 Å². The topological polar surface area (TPSA) is 20.3 Å². The first kappa shape index (κ1) is 16.4. The van der Waals surface area contributed by atoms with Crippen LogP contribution in [0.4, 0.5) is 0 Å². The third-order valence-electron chi connectivity index (χ3n) is 3.68. The lowest BCUT2D eigenvalue weighted by molar-refractivity contribution is -0.134. The summed E-state index contributed by atoms with van der Waals surface area (Å²) in [5.74, 6) is 0.433. The molecule has 0 aliphatic rings. The van der Waals surface area contributed by atoms with Crippen molar-refractivity contribution >= 4 is 5.78 Å². The van der Waals surface area contributed by atoms with Crippen LogP contribution in [-0.2, 0) is 4.79 Å². The number of ketones is 1. The quantitative estimate of drug-likeness (QED) is 0.476. The summed E-state index contributed by atoms with van der Waals surface area (Å²) < 4.78 is 0. The van der Waals surface area contributed by atoms with Crippen LogP contribution in [0.25, 0.3) is 0 Å². The normalized spacial score (nSPS) is 15.4. The lowest BCUT2D eigenvalue weighted by Crippen LogP contribution is -2.54. The zero-order valence-corrected chi connectivity index (χ0v) is 12.4. The molecule has 17 heavy (non-hydrogen) atoms. The molecule has 0 radical (unpaired) electrons. The van der Waals surface area contributed by atoms with Crippen LogP contribution in [0.3, 0.4) is 0 Å². The third-order valence-corrected chi connectivity index (χ3v) is 3.68. The monoisotopic (exact) mass is 239 g/mol. The molecule has 0 aliphatic carbocycles. The van der Waals surface area contributed by atoms with Gasteiger partial charge in [-0.05, 0) is 47.1 Å². The largest absolute Gasteiger partial charge is 0.297 e. The highest BCUT2D eigenvalue weighted by Crippen LogP contribution is 2.27. The average molecular weight is 239 g/mol. The molecule has 0 fully saturated rings. The zero-order valence-electron chi connectivity index (χ0n) is 12.4. The summed E-state index contributed by atoms with van der Waals surface area (Å²) in [6.45, 7) is 14.1. The van der Waals surface area contributed by atoms with Gasteiger partial charge >= 0.3 is 0 Å². The average Bonchev–Trinajstić information content (AvgIpc) is 2.26. The first-order chi connectivity index (χ1) is 7.77. The Labute approximate surface area is 107 Å². The third kappa shape index (κ3) is 4.27. The number of hydrogen-bond donors (Lipinski definition) is 0. The highest BCUT2D eigenvalue weighted by Gasteiger charge is 2.38. The molecule has 0 aromatic rings. The maximum Gasteiger partial charge on any atom is 0.155 e. The first-order valence-corrected chi connectivity index (χ1v) is 6.65. The maximum absolute atomic E-state index is 12.4. The Kier molecular flexibility index (Phi) is 6.69. The number of hydrogen-bond acceptors (Lipinski definition) is 2. The molecule has 0 amide bonds. The standard InChI is InChI=1S/C15H29NO/c1-8-9-10-11-15(6,14(17)12(2)3)16(7)13(4)5/h8,12-13H,1,9-11H2,2-7H3/t15-/m1/s1. The van der Waals surface area contributed by atoms with Crippen molar-refractivity contribution in [2.75, 3.05) is 7.05 Å². The number of nitrogens with zero attached hydrogens (tertiary/aromatic N) is 1. The number of carbonyl (C=O) groups is 1. The molecule has 0 rings (SSSR count). The highest BCUT2D eigenvalue weighted by atomic mass is 16.1. The summed E-state index contributed by atoms with van der Waals surface area (Å²) in [5.41, 5.74) is -0.342. The molecule has 0 aromatic heterocycles. The van der Waals surface area contributed by atoms with Gasteiger partial charge in [-0.1, -0.05) is 19.9 Å². The van der Waals surface area contributed by atoms with Gasteiger partial charge in [0.25, 0.3) is 0 Å². The van der Waals surface area contributed by atoms with Crippen LogP contribution >= 0.6 is 0 Å². The Morgan fingerprint density at radius 3 is 2.24 bits per heavy atom. The van der Waals surface area contributed by atoms with Crippen LogP contribution in [0.1, 0.15) is 53.9 Å². The fourth-order valence-electron chi connectivity index (χ4n) is 2.26. The van der Waals surface area contributed by atoms with Gasteiger partial charge in [0.15, 0.2) is 5.78 Å². The minimum absolute atomic E-state index is 0.0879. The van der Waals surface area contributed by atoms with Crippen LogP contribution in [0.2, 0.25) is 0 Å². The molecule has 100 valence electrons. The fraction of sp³-hybridized carbons (Fsp3) is 0.800. The number of unbranched alkanes of at least 4 members (excludes halogenated alkanes) is 1. The Morgan fingerprint density at radius 2 is 1.88 bits per heavy atom. The van der Waals surface area contributed by atoms with Crippen molar-refractivity contribution < 1.29 is 4.79 Å². The molecular weight excluding hydrogens is 210 g/mol. The van der Waals surface area contributed by atoms with Gasteiger partial charge in [-0.15, -0.1) is 6.58 Å². The van der Waals surface area contributed by atoms with Crippen LogP contribution in [0, 0.1) is 5.92 Å². The van der Waals surface area contributed by atoms with Crippen molar-refractivity contribution in [3.8, 4) is 0 Å². The molecule has 0 aromatic carbocycles. The van der Waals surface area contributed by atoms with Gasteiger partial charge in [0, 0.05) is 12.0 Å². The van der Waals surface area contributed by atoms with E-state index < -0.39 is 0 Å². The summed E-state index contributed by atoms with van der Waals surface area (Å²) in [5, 5.41) is 0. The van der Waals surface area contributed by atoms with Gasteiger partial charge < -0.3 is 0 Å². The van der Waals surface area contributed by atoms with Crippen molar-refractivity contribution in [1.82, 2.24) is 4.90 Å². The molecule has 0 unspecified atom stereocenters. The van der Waals surface area contributed by atoms with E-state index in [1.165, 1.54) is 0 Å². The predicted molar refractivity (Wildman–Crippen MR) is 75.2 cm³/mol. The van der Waals surface area contributed by atoms with E-state index in [0.29, 0.717) is 11.8 Å². The lowest BCUT2D eigenvalue weighted by atomic mass is 9.82. The van der Waals surface area contributed by atoms with Crippen LogP contribution < -0.4 is 0 Å². The SMILES string of the molecule is C=CCCC[C@](C)(C(=O)C(C)C)N(C)C(C)C. The Morgan fingerprint density at radius 1 is 1.35 bits per heavy atom. The zero-order chi connectivity index (χ0) is 13.6. The van der Waals surface area contributed by atoms with Crippen molar-refractivity contribution in [3.63, 3.8) is 0 Å².